The van der Waals surface area contributed by atoms with Gasteiger partial charge in [-0.15, -0.1) is 0 Å². The smallest absolute Gasteiger partial charge is 0.319 e. The van der Waals surface area contributed by atoms with Crippen molar-refractivity contribution < 1.29 is 9.53 Å². The Balaban J connectivity index is 1.39. The van der Waals surface area contributed by atoms with E-state index < -0.39 is 0 Å². The molecular formula is C23H37N3O2. The number of nitrogens with zero attached hydrogens (tertiary/aromatic N) is 1. The predicted molar refractivity (Wildman–Crippen MR) is 115 cm³/mol. The van der Waals surface area contributed by atoms with Crippen LogP contribution in [-0.2, 0) is 11.3 Å². The molecule has 5 heteroatoms. The molecule has 0 spiro atoms. The minimum absolute atomic E-state index is 0.131. The number of hydrogen-bond donors (Lipinski definition) is 2. The molecular weight excluding hydrogens is 350 g/mol. The second kappa shape index (κ2) is 11.4. The molecule has 2 N–H and O–H groups in total. The Morgan fingerprint density at radius 1 is 1.07 bits per heavy atom. The van der Waals surface area contributed by atoms with Crippen LogP contribution in [0.4, 0.5) is 10.5 Å². The monoisotopic (exact) mass is 387 g/mol. The third-order valence-electron chi connectivity index (χ3n) is 6.15. The molecule has 2 fully saturated rings. The quantitative estimate of drug-likeness (QED) is 0.591. The van der Waals surface area contributed by atoms with Crippen molar-refractivity contribution in [3.8, 4) is 0 Å². The Bertz CT molecular complexity index is 595. The van der Waals surface area contributed by atoms with Crippen molar-refractivity contribution in [3.05, 3.63) is 29.8 Å². The average Bonchev–Trinajstić information content (AvgIpc) is 3.23. The standard InChI is InChI=1S/C23H37N3O2/c1-26(20-11-3-2-4-12-20)18-19-10-5-8-15-22(19)25-23(27)24-16-9-17-28-21-13-6-7-14-21/h5,8,10,15,20-21H,2-4,6-7,9,11-14,16-18H2,1H3,(H2,24,25,27). The number of amides is 2. The van der Waals surface area contributed by atoms with Gasteiger partial charge in [0.25, 0.3) is 0 Å². The zero-order valence-electron chi connectivity index (χ0n) is 17.4. The molecule has 0 aliphatic heterocycles. The van der Waals surface area contributed by atoms with Gasteiger partial charge in [-0.25, -0.2) is 4.79 Å². The Morgan fingerprint density at radius 3 is 2.57 bits per heavy atom. The fourth-order valence-electron chi connectivity index (χ4n) is 4.45. The van der Waals surface area contributed by atoms with E-state index in [1.165, 1.54) is 63.4 Å². The van der Waals surface area contributed by atoms with Crippen LogP contribution >= 0.6 is 0 Å². The molecule has 3 rings (SSSR count). The van der Waals surface area contributed by atoms with Gasteiger partial charge >= 0.3 is 6.03 Å². The highest BCUT2D eigenvalue weighted by Gasteiger charge is 2.19. The summed E-state index contributed by atoms with van der Waals surface area (Å²) in [6, 6.07) is 8.67. The van der Waals surface area contributed by atoms with E-state index in [4.69, 9.17) is 4.74 Å². The minimum Gasteiger partial charge on any atom is -0.378 e. The number of ether oxygens (including phenoxy) is 1. The summed E-state index contributed by atoms with van der Waals surface area (Å²) in [5.74, 6) is 0. The van der Waals surface area contributed by atoms with Crippen molar-refractivity contribution in [2.24, 2.45) is 0 Å². The largest absolute Gasteiger partial charge is 0.378 e. The van der Waals surface area contributed by atoms with Gasteiger partial charge in [0.1, 0.15) is 0 Å². The molecule has 28 heavy (non-hydrogen) atoms. The van der Waals surface area contributed by atoms with E-state index >= 15 is 0 Å². The Labute approximate surface area is 170 Å². The predicted octanol–water partition coefficient (Wildman–Crippen LogP) is 4.92. The summed E-state index contributed by atoms with van der Waals surface area (Å²) >= 11 is 0. The van der Waals surface area contributed by atoms with Gasteiger partial charge in [0.2, 0.25) is 0 Å². The van der Waals surface area contributed by atoms with Crippen LogP contribution in [0.25, 0.3) is 0 Å². The molecule has 2 aliphatic rings. The molecule has 156 valence electrons. The van der Waals surface area contributed by atoms with Gasteiger partial charge in [-0.1, -0.05) is 50.3 Å². The van der Waals surface area contributed by atoms with Gasteiger partial charge < -0.3 is 15.4 Å². The number of anilines is 1. The van der Waals surface area contributed by atoms with E-state index in [2.05, 4.69) is 28.6 Å². The van der Waals surface area contributed by atoms with Crippen molar-refractivity contribution in [1.29, 1.82) is 0 Å². The fraction of sp³-hybridized carbons (Fsp3) is 0.696. The number of hydrogen-bond acceptors (Lipinski definition) is 3. The lowest BCUT2D eigenvalue weighted by Gasteiger charge is -2.31. The lowest BCUT2D eigenvalue weighted by Crippen LogP contribution is -2.34. The highest BCUT2D eigenvalue weighted by molar-refractivity contribution is 5.90. The number of urea groups is 1. The number of para-hydroxylation sites is 1. The fourth-order valence-corrected chi connectivity index (χ4v) is 4.45. The molecule has 2 amide bonds. The van der Waals surface area contributed by atoms with Crippen LogP contribution in [0, 0.1) is 0 Å². The van der Waals surface area contributed by atoms with Crippen molar-refractivity contribution in [2.45, 2.75) is 82.9 Å². The first-order valence-corrected chi connectivity index (χ1v) is 11.2. The van der Waals surface area contributed by atoms with Crippen molar-refractivity contribution in [3.63, 3.8) is 0 Å². The first kappa shape index (κ1) is 21.1. The zero-order chi connectivity index (χ0) is 19.6. The zero-order valence-corrected chi connectivity index (χ0v) is 17.4. The van der Waals surface area contributed by atoms with E-state index in [1.54, 1.807) is 0 Å². The number of benzene rings is 1. The normalized spacial score (nSPS) is 18.5. The number of nitrogens with one attached hydrogen (secondary N) is 2. The third-order valence-corrected chi connectivity index (χ3v) is 6.15. The van der Waals surface area contributed by atoms with Gasteiger partial charge in [-0.3, -0.25) is 4.90 Å². The van der Waals surface area contributed by atoms with Crippen LogP contribution in [-0.4, -0.2) is 43.3 Å². The van der Waals surface area contributed by atoms with Crippen LogP contribution in [0.2, 0.25) is 0 Å². The highest BCUT2D eigenvalue weighted by atomic mass is 16.5. The van der Waals surface area contributed by atoms with E-state index in [1.807, 2.05) is 18.2 Å². The molecule has 0 saturated heterocycles. The molecule has 0 aromatic heterocycles. The van der Waals surface area contributed by atoms with Crippen molar-refractivity contribution >= 4 is 11.7 Å². The highest BCUT2D eigenvalue weighted by Crippen LogP contribution is 2.25. The number of carbonyl (C=O) groups excluding carboxylic acids is 1. The van der Waals surface area contributed by atoms with Gasteiger partial charge in [0.15, 0.2) is 0 Å². The van der Waals surface area contributed by atoms with Crippen LogP contribution < -0.4 is 10.6 Å². The minimum atomic E-state index is -0.131. The van der Waals surface area contributed by atoms with Gasteiger partial charge in [-0.05, 0) is 50.8 Å². The summed E-state index contributed by atoms with van der Waals surface area (Å²) in [5.41, 5.74) is 2.08. The molecule has 0 radical (unpaired) electrons. The lowest BCUT2D eigenvalue weighted by molar-refractivity contribution is 0.0572. The second-order valence-electron chi connectivity index (χ2n) is 8.38. The molecule has 0 atom stereocenters. The first-order valence-electron chi connectivity index (χ1n) is 11.2. The molecule has 1 aromatic rings. The van der Waals surface area contributed by atoms with E-state index in [0.29, 0.717) is 18.7 Å². The Hall–Kier alpha value is -1.59. The van der Waals surface area contributed by atoms with Gasteiger partial charge in [-0.2, -0.15) is 0 Å². The van der Waals surface area contributed by atoms with Crippen LogP contribution in [0.1, 0.15) is 69.8 Å². The van der Waals surface area contributed by atoms with Crippen LogP contribution in [0.15, 0.2) is 24.3 Å². The maximum Gasteiger partial charge on any atom is 0.319 e. The summed E-state index contributed by atoms with van der Waals surface area (Å²) in [7, 11) is 2.21. The Morgan fingerprint density at radius 2 is 1.79 bits per heavy atom. The lowest BCUT2D eigenvalue weighted by atomic mass is 9.94. The van der Waals surface area contributed by atoms with E-state index in [0.717, 1.165) is 25.3 Å². The van der Waals surface area contributed by atoms with Crippen LogP contribution in [0.3, 0.4) is 0 Å². The summed E-state index contributed by atoms with van der Waals surface area (Å²) in [6.07, 6.45) is 12.9. The summed E-state index contributed by atoms with van der Waals surface area (Å²) in [5, 5.41) is 5.99. The van der Waals surface area contributed by atoms with Gasteiger partial charge in [0.05, 0.1) is 6.10 Å². The third kappa shape index (κ3) is 6.78. The van der Waals surface area contributed by atoms with E-state index in [9.17, 15) is 4.79 Å². The maximum absolute atomic E-state index is 12.3. The number of rotatable bonds is 9. The summed E-state index contributed by atoms with van der Waals surface area (Å²) in [6.45, 7) is 2.24. The van der Waals surface area contributed by atoms with Crippen molar-refractivity contribution in [2.75, 3.05) is 25.5 Å². The molecule has 2 aliphatic carbocycles. The van der Waals surface area contributed by atoms with Gasteiger partial charge in [0, 0.05) is 31.4 Å². The molecule has 0 unspecified atom stereocenters. The topological polar surface area (TPSA) is 53.6 Å². The Kier molecular flexibility index (Phi) is 8.62. The maximum atomic E-state index is 12.3. The second-order valence-corrected chi connectivity index (χ2v) is 8.38. The number of carbonyl (C=O) groups is 1. The van der Waals surface area contributed by atoms with Crippen molar-refractivity contribution in [1.82, 2.24) is 10.2 Å². The SMILES string of the molecule is CN(Cc1ccccc1NC(=O)NCCCOC1CCCC1)C1CCCCC1. The summed E-state index contributed by atoms with van der Waals surface area (Å²) < 4.78 is 5.85. The molecule has 2 saturated carbocycles. The molecule has 0 heterocycles. The molecule has 0 bridgehead atoms. The average molecular weight is 388 g/mol. The molecule has 5 nitrogen and oxygen atoms in total. The van der Waals surface area contributed by atoms with Crippen LogP contribution in [0.5, 0.6) is 0 Å². The van der Waals surface area contributed by atoms with E-state index in [-0.39, 0.29) is 6.03 Å². The molecule has 1 aromatic carbocycles. The first-order chi connectivity index (χ1) is 13.7. The summed E-state index contributed by atoms with van der Waals surface area (Å²) in [4.78, 5) is 14.7.